The molecule has 0 aromatic carbocycles. The fraction of sp³-hybridized carbons (Fsp3) is 0.500. The van der Waals surface area contributed by atoms with Gasteiger partial charge in [-0.3, -0.25) is 19.6 Å². The lowest BCUT2D eigenvalue weighted by Crippen LogP contribution is -2.24. The number of amides is 2. The molecule has 1 rings (SSSR count). The molecule has 1 heterocycles. The molecule has 0 aromatic heterocycles. The van der Waals surface area contributed by atoms with Crippen molar-refractivity contribution < 1.29 is 24.7 Å². The number of rotatable bonds is 1. The topological polar surface area (TPSA) is 121 Å². The van der Waals surface area contributed by atoms with Gasteiger partial charge in [-0.25, -0.2) is 0 Å². The Hall–Kier alpha value is -1.47. The number of carbonyl (C=O) groups excluding carboxylic acids is 2. The van der Waals surface area contributed by atoms with Crippen LogP contribution in [0.1, 0.15) is 12.8 Å². The van der Waals surface area contributed by atoms with Crippen molar-refractivity contribution in [2.24, 2.45) is 5.73 Å². The zero-order chi connectivity index (χ0) is 10.4. The van der Waals surface area contributed by atoms with Gasteiger partial charge in [0.2, 0.25) is 0 Å². The number of hydrogen-bond acceptors (Lipinski definition) is 5. The van der Waals surface area contributed by atoms with Gasteiger partial charge in [-0.2, -0.15) is 5.06 Å². The third-order valence-corrected chi connectivity index (χ3v) is 1.20. The Morgan fingerprint density at radius 2 is 1.69 bits per heavy atom. The van der Waals surface area contributed by atoms with Crippen LogP contribution in [0.25, 0.3) is 0 Å². The maximum atomic E-state index is 10.2. The largest absolute Gasteiger partial charge is 0.480 e. The molecule has 0 saturated carbocycles. The number of imide groups is 1. The van der Waals surface area contributed by atoms with Crippen LogP contribution in [-0.2, 0) is 14.4 Å². The summed E-state index contributed by atoms with van der Waals surface area (Å²) in [5.74, 6) is -1.98. The molecule has 1 aliphatic rings. The van der Waals surface area contributed by atoms with Crippen molar-refractivity contribution in [1.29, 1.82) is 0 Å². The van der Waals surface area contributed by atoms with Gasteiger partial charge >= 0.3 is 5.97 Å². The van der Waals surface area contributed by atoms with E-state index in [2.05, 4.69) is 5.73 Å². The Morgan fingerprint density at radius 1 is 1.38 bits per heavy atom. The Bertz CT molecular complexity index is 211. The molecule has 0 aliphatic carbocycles. The first-order valence-corrected chi connectivity index (χ1v) is 3.45. The summed E-state index contributed by atoms with van der Waals surface area (Å²) < 4.78 is 0. The predicted octanol–water partition coefficient (Wildman–Crippen LogP) is -1.45. The summed E-state index contributed by atoms with van der Waals surface area (Å²) in [7, 11) is 0. The highest BCUT2D eigenvalue weighted by Crippen LogP contribution is 2.06. The number of carboxylic acid groups (broad SMARTS) is 1. The van der Waals surface area contributed by atoms with Crippen LogP contribution in [0.4, 0.5) is 0 Å². The maximum Gasteiger partial charge on any atom is 0.317 e. The van der Waals surface area contributed by atoms with Crippen LogP contribution in [0.2, 0.25) is 0 Å². The third kappa shape index (κ3) is 4.19. The Kier molecular flexibility index (Phi) is 4.63. The lowest BCUT2D eigenvalue weighted by molar-refractivity contribution is -0.171. The average Bonchev–Trinajstić information content (AvgIpc) is 2.37. The van der Waals surface area contributed by atoms with Crippen LogP contribution in [0.3, 0.4) is 0 Å². The van der Waals surface area contributed by atoms with Crippen molar-refractivity contribution in [2.75, 3.05) is 6.54 Å². The molecule has 7 nitrogen and oxygen atoms in total. The summed E-state index contributed by atoms with van der Waals surface area (Å²) in [4.78, 5) is 29.7. The van der Waals surface area contributed by atoms with Gasteiger partial charge in [0.25, 0.3) is 11.8 Å². The van der Waals surface area contributed by atoms with Crippen molar-refractivity contribution in [3.63, 3.8) is 0 Å². The first-order valence-electron chi connectivity index (χ1n) is 3.45. The van der Waals surface area contributed by atoms with Crippen molar-refractivity contribution >= 4 is 17.8 Å². The summed E-state index contributed by atoms with van der Waals surface area (Å²) in [5.41, 5.74) is 4.57. The predicted molar refractivity (Wildman–Crippen MR) is 39.6 cm³/mol. The second-order valence-electron chi connectivity index (χ2n) is 2.20. The van der Waals surface area contributed by atoms with E-state index >= 15 is 0 Å². The van der Waals surface area contributed by atoms with Crippen LogP contribution in [0.5, 0.6) is 0 Å². The Balaban J connectivity index is 0.000000252. The molecular weight excluding hydrogens is 180 g/mol. The second-order valence-corrected chi connectivity index (χ2v) is 2.20. The van der Waals surface area contributed by atoms with Gasteiger partial charge in [0.05, 0.1) is 6.54 Å². The van der Waals surface area contributed by atoms with E-state index in [9.17, 15) is 14.4 Å². The van der Waals surface area contributed by atoms with Crippen LogP contribution in [-0.4, -0.2) is 39.7 Å². The highest BCUT2D eigenvalue weighted by atomic mass is 16.5. The lowest BCUT2D eigenvalue weighted by Gasteiger charge is -1.98. The molecule has 13 heavy (non-hydrogen) atoms. The monoisotopic (exact) mass is 190 g/mol. The minimum Gasteiger partial charge on any atom is -0.480 e. The third-order valence-electron chi connectivity index (χ3n) is 1.20. The average molecular weight is 190 g/mol. The number of nitrogens with two attached hydrogens (primary N) is 1. The van der Waals surface area contributed by atoms with Crippen LogP contribution in [0, 0.1) is 0 Å². The molecule has 1 saturated heterocycles. The van der Waals surface area contributed by atoms with Crippen molar-refractivity contribution in [2.45, 2.75) is 12.8 Å². The van der Waals surface area contributed by atoms with Crippen molar-refractivity contribution in [1.82, 2.24) is 5.06 Å². The zero-order valence-corrected chi connectivity index (χ0v) is 6.77. The van der Waals surface area contributed by atoms with Crippen molar-refractivity contribution in [3.8, 4) is 0 Å². The van der Waals surface area contributed by atoms with Crippen LogP contribution < -0.4 is 5.73 Å². The zero-order valence-electron chi connectivity index (χ0n) is 6.77. The number of hydrogen-bond donors (Lipinski definition) is 3. The molecule has 1 fully saturated rings. The number of hydroxylamine groups is 2. The van der Waals surface area contributed by atoms with Gasteiger partial charge in [0, 0.05) is 12.8 Å². The maximum absolute atomic E-state index is 10.2. The highest BCUT2D eigenvalue weighted by Gasteiger charge is 2.26. The van der Waals surface area contributed by atoms with E-state index in [1.54, 1.807) is 0 Å². The fourth-order valence-corrected chi connectivity index (χ4v) is 0.565. The fourth-order valence-electron chi connectivity index (χ4n) is 0.565. The van der Waals surface area contributed by atoms with E-state index in [1.807, 2.05) is 0 Å². The smallest absolute Gasteiger partial charge is 0.317 e. The van der Waals surface area contributed by atoms with Gasteiger partial charge < -0.3 is 10.8 Å². The highest BCUT2D eigenvalue weighted by molar-refractivity contribution is 6.00. The van der Waals surface area contributed by atoms with E-state index in [0.717, 1.165) is 0 Å². The van der Waals surface area contributed by atoms with Gasteiger partial charge in [-0.1, -0.05) is 0 Å². The van der Waals surface area contributed by atoms with E-state index in [4.69, 9.17) is 10.3 Å². The minimum atomic E-state index is -0.968. The van der Waals surface area contributed by atoms with E-state index in [-0.39, 0.29) is 24.4 Å². The molecule has 1 aliphatic heterocycles. The first kappa shape index (κ1) is 11.5. The van der Waals surface area contributed by atoms with Gasteiger partial charge in [0.1, 0.15) is 0 Å². The molecule has 74 valence electrons. The van der Waals surface area contributed by atoms with Crippen LogP contribution in [0.15, 0.2) is 0 Å². The van der Waals surface area contributed by atoms with Gasteiger partial charge in [-0.15, -0.1) is 0 Å². The summed E-state index contributed by atoms with van der Waals surface area (Å²) in [6, 6.07) is 0. The number of carboxylic acids is 1. The van der Waals surface area contributed by atoms with Gasteiger partial charge in [0.15, 0.2) is 0 Å². The summed E-state index contributed by atoms with van der Waals surface area (Å²) in [5, 5.41) is 16.2. The SMILES string of the molecule is NCC(=O)O.O=C1CCC(=O)N1O. The van der Waals surface area contributed by atoms with Gasteiger partial charge in [-0.05, 0) is 0 Å². The molecular formula is C6H10N2O5. The second kappa shape index (κ2) is 5.22. The quantitative estimate of drug-likeness (QED) is 0.343. The standard InChI is InChI=1S/C4H5NO3.C2H5NO2/c6-3-1-2-4(7)5(3)8;3-1-2(4)5/h8H,1-2H2;1,3H2,(H,4,5). The summed E-state index contributed by atoms with van der Waals surface area (Å²) in [6.07, 6.45) is 0.296. The summed E-state index contributed by atoms with van der Waals surface area (Å²) in [6.45, 7) is -0.278. The molecule has 0 spiro atoms. The molecule has 4 N–H and O–H groups in total. The van der Waals surface area contributed by atoms with E-state index in [1.165, 1.54) is 0 Å². The lowest BCUT2D eigenvalue weighted by atomic mass is 10.4. The Morgan fingerprint density at radius 3 is 1.77 bits per heavy atom. The molecule has 2 amide bonds. The molecule has 7 heteroatoms. The normalized spacial score (nSPS) is 15.4. The van der Waals surface area contributed by atoms with Crippen LogP contribution >= 0.6 is 0 Å². The number of nitrogens with zero attached hydrogens (tertiary/aromatic N) is 1. The molecule has 0 bridgehead atoms. The number of carbonyl (C=O) groups is 3. The van der Waals surface area contributed by atoms with Crippen molar-refractivity contribution in [3.05, 3.63) is 0 Å². The minimum absolute atomic E-state index is 0.148. The Labute approximate surface area is 73.7 Å². The molecule has 0 unspecified atom stereocenters. The molecule has 0 radical (unpaired) electrons. The number of aliphatic carboxylic acids is 1. The van der Waals surface area contributed by atoms with E-state index < -0.39 is 17.8 Å². The van der Waals surface area contributed by atoms with E-state index in [0.29, 0.717) is 0 Å². The summed E-state index contributed by atoms with van der Waals surface area (Å²) >= 11 is 0. The first-order chi connectivity index (χ1) is 5.99. The molecule has 0 atom stereocenters. The molecule has 0 aromatic rings.